The highest BCUT2D eigenvalue weighted by molar-refractivity contribution is 7.07. The van der Waals surface area contributed by atoms with Gasteiger partial charge in [-0.2, -0.15) is 0 Å². The monoisotopic (exact) mass is 233 g/mol. The van der Waals surface area contributed by atoms with E-state index in [4.69, 9.17) is 11.6 Å². The molecule has 1 rings (SSSR count). The molecule has 0 bridgehead atoms. The quantitative estimate of drug-likeness (QED) is 0.804. The standard InChI is InChI=1S/C8H12ClN3OS/c1-5(3-4-9)10-8(13)7-6(2)11-12-14-7/h5H,3-4H2,1-2H3,(H,10,13). The molecule has 4 nitrogen and oxygen atoms in total. The van der Waals surface area contributed by atoms with E-state index in [1.807, 2.05) is 6.92 Å². The largest absolute Gasteiger partial charge is 0.349 e. The number of carbonyl (C=O) groups is 1. The van der Waals surface area contributed by atoms with Crippen LogP contribution < -0.4 is 5.32 Å². The zero-order valence-corrected chi connectivity index (χ0v) is 9.65. The van der Waals surface area contributed by atoms with Gasteiger partial charge in [0, 0.05) is 11.9 Å². The van der Waals surface area contributed by atoms with Gasteiger partial charge in [-0.25, -0.2) is 0 Å². The minimum absolute atomic E-state index is 0.0847. The summed E-state index contributed by atoms with van der Waals surface area (Å²) in [6.07, 6.45) is 0.762. The van der Waals surface area contributed by atoms with Crippen LogP contribution in [0.1, 0.15) is 28.7 Å². The molecule has 0 aliphatic carbocycles. The Morgan fingerprint density at radius 1 is 1.71 bits per heavy atom. The van der Waals surface area contributed by atoms with E-state index in [1.165, 1.54) is 0 Å². The second-order valence-corrected chi connectivity index (χ2v) is 4.17. The lowest BCUT2D eigenvalue weighted by molar-refractivity contribution is 0.0943. The molecule has 0 spiro atoms. The van der Waals surface area contributed by atoms with Gasteiger partial charge < -0.3 is 5.32 Å². The van der Waals surface area contributed by atoms with Crippen LogP contribution in [0.5, 0.6) is 0 Å². The topological polar surface area (TPSA) is 54.9 Å². The lowest BCUT2D eigenvalue weighted by atomic mass is 10.2. The molecule has 0 fully saturated rings. The lowest BCUT2D eigenvalue weighted by Gasteiger charge is -2.10. The molecule has 14 heavy (non-hydrogen) atoms. The maximum Gasteiger partial charge on any atom is 0.265 e. The fraction of sp³-hybridized carbons (Fsp3) is 0.625. The van der Waals surface area contributed by atoms with Crippen molar-refractivity contribution in [1.29, 1.82) is 0 Å². The number of hydrogen-bond donors (Lipinski definition) is 1. The number of rotatable bonds is 4. The Morgan fingerprint density at radius 3 is 2.93 bits per heavy atom. The summed E-state index contributed by atoms with van der Waals surface area (Å²) < 4.78 is 3.70. The highest BCUT2D eigenvalue weighted by Gasteiger charge is 2.14. The fourth-order valence-corrected chi connectivity index (χ4v) is 1.85. The Kier molecular flexibility index (Phi) is 4.28. The van der Waals surface area contributed by atoms with Gasteiger partial charge in [-0.15, -0.1) is 16.7 Å². The molecule has 78 valence electrons. The van der Waals surface area contributed by atoms with Gasteiger partial charge in [-0.05, 0) is 31.8 Å². The summed E-state index contributed by atoms with van der Waals surface area (Å²) in [6, 6.07) is 0.0847. The number of alkyl halides is 1. The third-order valence-corrected chi connectivity index (χ3v) is 2.82. The van der Waals surface area contributed by atoms with Gasteiger partial charge in [-0.1, -0.05) is 4.49 Å². The molecule has 1 N–H and O–H groups in total. The van der Waals surface area contributed by atoms with Gasteiger partial charge in [0.1, 0.15) is 4.88 Å². The second-order valence-electron chi connectivity index (χ2n) is 3.04. The molecule has 0 saturated heterocycles. The number of aryl methyl sites for hydroxylation is 1. The first kappa shape index (κ1) is 11.4. The van der Waals surface area contributed by atoms with Crippen LogP contribution in [-0.2, 0) is 0 Å². The molecule has 0 saturated carbocycles. The van der Waals surface area contributed by atoms with Crippen LogP contribution in [0.4, 0.5) is 0 Å². The van der Waals surface area contributed by atoms with Crippen molar-refractivity contribution in [3.05, 3.63) is 10.6 Å². The Morgan fingerprint density at radius 2 is 2.43 bits per heavy atom. The highest BCUT2D eigenvalue weighted by Crippen LogP contribution is 2.09. The fourth-order valence-electron chi connectivity index (χ4n) is 0.965. The van der Waals surface area contributed by atoms with Gasteiger partial charge in [0.25, 0.3) is 5.91 Å². The first-order valence-corrected chi connectivity index (χ1v) is 5.61. The highest BCUT2D eigenvalue weighted by atomic mass is 35.5. The molecule has 0 aliphatic heterocycles. The van der Waals surface area contributed by atoms with Crippen molar-refractivity contribution in [2.24, 2.45) is 0 Å². The Balaban J connectivity index is 2.55. The van der Waals surface area contributed by atoms with Gasteiger partial charge >= 0.3 is 0 Å². The van der Waals surface area contributed by atoms with E-state index in [-0.39, 0.29) is 11.9 Å². The average molecular weight is 234 g/mol. The van der Waals surface area contributed by atoms with E-state index in [1.54, 1.807) is 6.92 Å². The van der Waals surface area contributed by atoms with E-state index in [9.17, 15) is 4.79 Å². The van der Waals surface area contributed by atoms with Crippen molar-refractivity contribution in [2.75, 3.05) is 5.88 Å². The van der Waals surface area contributed by atoms with E-state index >= 15 is 0 Å². The molecule has 0 aliphatic rings. The maximum absolute atomic E-state index is 11.6. The van der Waals surface area contributed by atoms with Crippen molar-refractivity contribution < 1.29 is 4.79 Å². The molecule has 1 unspecified atom stereocenters. The normalized spacial score (nSPS) is 12.5. The average Bonchev–Trinajstić information content (AvgIpc) is 2.51. The minimum atomic E-state index is -0.116. The zero-order valence-electron chi connectivity index (χ0n) is 8.08. The number of carbonyl (C=O) groups excluding carboxylic acids is 1. The first-order chi connectivity index (χ1) is 6.65. The SMILES string of the molecule is Cc1nnsc1C(=O)NC(C)CCCl. The van der Waals surface area contributed by atoms with Gasteiger partial charge in [0.2, 0.25) is 0 Å². The Labute approximate surface area is 91.8 Å². The van der Waals surface area contributed by atoms with Crippen LogP contribution in [0.25, 0.3) is 0 Å². The molecule has 0 radical (unpaired) electrons. The molecule has 1 heterocycles. The number of halogens is 1. The van der Waals surface area contributed by atoms with E-state index in [0.29, 0.717) is 16.5 Å². The Hall–Kier alpha value is -0.680. The summed E-state index contributed by atoms with van der Waals surface area (Å²) in [5, 5.41) is 6.60. The molecule has 6 heteroatoms. The van der Waals surface area contributed by atoms with Crippen molar-refractivity contribution in [3.8, 4) is 0 Å². The van der Waals surface area contributed by atoms with E-state index in [0.717, 1.165) is 18.0 Å². The molecule has 1 aromatic heterocycles. The summed E-state index contributed by atoms with van der Waals surface area (Å²) in [5.41, 5.74) is 0.672. The van der Waals surface area contributed by atoms with Crippen LogP contribution in [0.3, 0.4) is 0 Å². The van der Waals surface area contributed by atoms with Crippen LogP contribution in [0.15, 0.2) is 0 Å². The maximum atomic E-state index is 11.6. The molecule has 1 amide bonds. The van der Waals surface area contributed by atoms with Crippen molar-refractivity contribution >= 4 is 29.0 Å². The molecular formula is C8H12ClN3OS. The first-order valence-electron chi connectivity index (χ1n) is 4.31. The predicted molar refractivity (Wildman–Crippen MR) is 56.9 cm³/mol. The minimum Gasteiger partial charge on any atom is -0.349 e. The van der Waals surface area contributed by atoms with Crippen LogP contribution >= 0.6 is 23.1 Å². The molecular weight excluding hydrogens is 222 g/mol. The third-order valence-electron chi connectivity index (χ3n) is 1.78. The van der Waals surface area contributed by atoms with Crippen LogP contribution in [0.2, 0.25) is 0 Å². The van der Waals surface area contributed by atoms with Crippen molar-refractivity contribution in [2.45, 2.75) is 26.3 Å². The second kappa shape index (κ2) is 5.26. The summed E-state index contributed by atoms with van der Waals surface area (Å²) in [6.45, 7) is 3.69. The number of hydrogen-bond acceptors (Lipinski definition) is 4. The van der Waals surface area contributed by atoms with Gasteiger partial charge in [-0.3, -0.25) is 4.79 Å². The van der Waals surface area contributed by atoms with Gasteiger partial charge in [0.05, 0.1) is 5.69 Å². The van der Waals surface area contributed by atoms with E-state index in [2.05, 4.69) is 14.9 Å². The molecule has 1 aromatic rings. The summed E-state index contributed by atoms with van der Waals surface area (Å²) >= 11 is 6.67. The lowest BCUT2D eigenvalue weighted by Crippen LogP contribution is -2.32. The molecule has 0 aromatic carbocycles. The van der Waals surface area contributed by atoms with Crippen molar-refractivity contribution in [3.63, 3.8) is 0 Å². The predicted octanol–water partition coefficient (Wildman–Crippen LogP) is 1.59. The smallest absolute Gasteiger partial charge is 0.265 e. The number of nitrogens with one attached hydrogen (secondary N) is 1. The zero-order chi connectivity index (χ0) is 10.6. The van der Waals surface area contributed by atoms with Crippen LogP contribution in [-0.4, -0.2) is 27.4 Å². The number of amides is 1. The van der Waals surface area contributed by atoms with E-state index < -0.39 is 0 Å². The summed E-state index contributed by atoms with van der Waals surface area (Å²) in [7, 11) is 0. The number of aromatic nitrogens is 2. The summed E-state index contributed by atoms with van der Waals surface area (Å²) in [5.74, 6) is 0.427. The summed E-state index contributed by atoms with van der Waals surface area (Å²) in [4.78, 5) is 12.2. The van der Waals surface area contributed by atoms with Crippen molar-refractivity contribution in [1.82, 2.24) is 14.9 Å². The Bertz CT molecular complexity index is 315. The van der Waals surface area contributed by atoms with Crippen LogP contribution in [0, 0.1) is 6.92 Å². The number of nitrogens with zero attached hydrogens (tertiary/aromatic N) is 2. The molecule has 1 atom stereocenters. The third kappa shape index (κ3) is 2.92. The van der Waals surface area contributed by atoms with Gasteiger partial charge in [0.15, 0.2) is 0 Å².